The number of amides is 1. The molecule has 0 fully saturated rings. The van der Waals surface area contributed by atoms with Gasteiger partial charge >= 0.3 is 6.18 Å². The van der Waals surface area contributed by atoms with Crippen molar-refractivity contribution >= 4 is 22.6 Å². The van der Waals surface area contributed by atoms with Gasteiger partial charge in [-0.2, -0.15) is 18.2 Å². The van der Waals surface area contributed by atoms with Crippen molar-refractivity contribution in [3.8, 4) is 11.3 Å². The van der Waals surface area contributed by atoms with Crippen molar-refractivity contribution in [1.82, 2.24) is 4.98 Å². The van der Waals surface area contributed by atoms with Gasteiger partial charge in [-0.05, 0) is 35.0 Å². The number of halogens is 3. The van der Waals surface area contributed by atoms with Crippen LogP contribution in [0.25, 0.3) is 22.0 Å². The Morgan fingerprint density at radius 2 is 1.81 bits per heavy atom. The molecule has 5 nitrogen and oxygen atoms in total. The van der Waals surface area contributed by atoms with E-state index >= 15 is 0 Å². The maximum absolute atomic E-state index is 13.0. The Morgan fingerprint density at radius 3 is 2.50 bits per heavy atom. The topological polar surface area (TPSA) is 94.4 Å². The van der Waals surface area contributed by atoms with Gasteiger partial charge in [0.25, 0.3) is 5.91 Å². The van der Waals surface area contributed by atoms with Crippen molar-refractivity contribution in [2.24, 2.45) is 16.5 Å². The molecule has 4 N–H and O–H groups in total. The number of pyridine rings is 1. The van der Waals surface area contributed by atoms with Crippen molar-refractivity contribution in [3.05, 3.63) is 65.9 Å². The smallest absolute Gasteiger partial charge is 0.370 e. The zero-order valence-corrected chi connectivity index (χ0v) is 13.3. The standard InChI is InChI=1S/C18H13F3N4O/c19-18(20,21)12-6-7-24-15(9-12)13-3-1-2-10-4-5-11(8-14(10)13)16(26)25-17(22)23/h1-9H,(H4,22,23,25,26). The van der Waals surface area contributed by atoms with Gasteiger partial charge in [-0.15, -0.1) is 0 Å². The molecule has 26 heavy (non-hydrogen) atoms. The molecule has 3 rings (SSSR count). The lowest BCUT2D eigenvalue weighted by atomic mass is 9.98. The van der Waals surface area contributed by atoms with Crippen molar-refractivity contribution in [3.63, 3.8) is 0 Å². The Morgan fingerprint density at radius 1 is 1.04 bits per heavy atom. The van der Waals surface area contributed by atoms with Crippen LogP contribution < -0.4 is 11.5 Å². The molecule has 0 aliphatic carbocycles. The number of rotatable bonds is 2. The number of fused-ring (bicyclic) bond motifs is 1. The van der Waals surface area contributed by atoms with E-state index in [1.165, 1.54) is 6.07 Å². The molecular weight excluding hydrogens is 345 g/mol. The Labute approximate surface area is 146 Å². The highest BCUT2D eigenvalue weighted by Gasteiger charge is 2.30. The highest BCUT2D eigenvalue weighted by Crippen LogP contribution is 2.33. The summed E-state index contributed by atoms with van der Waals surface area (Å²) in [7, 11) is 0. The molecule has 0 aliphatic heterocycles. The maximum atomic E-state index is 13.0. The summed E-state index contributed by atoms with van der Waals surface area (Å²) in [5.74, 6) is -1.01. The minimum absolute atomic E-state index is 0.150. The van der Waals surface area contributed by atoms with Crippen molar-refractivity contribution in [2.75, 3.05) is 0 Å². The molecule has 0 unspecified atom stereocenters. The molecule has 3 aromatic rings. The van der Waals surface area contributed by atoms with Crippen LogP contribution in [0.15, 0.2) is 59.7 Å². The van der Waals surface area contributed by atoms with Crippen LogP contribution >= 0.6 is 0 Å². The fourth-order valence-corrected chi connectivity index (χ4v) is 2.57. The SMILES string of the molecule is NC(N)=NC(=O)c1ccc2cccc(-c3cc(C(F)(F)F)ccn3)c2c1. The lowest BCUT2D eigenvalue weighted by molar-refractivity contribution is -0.137. The number of nitrogens with zero attached hydrogens (tertiary/aromatic N) is 2. The van der Waals surface area contributed by atoms with Gasteiger partial charge in [-0.3, -0.25) is 9.78 Å². The lowest BCUT2D eigenvalue weighted by Gasteiger charge is -2.10. The molecule has 0 saturated heterocycles. The fraction of sp³-hybridized carbons (Fsp3) is 0.0556. The van der Waals surface area contributed by atoms with Gasteiger partial charge < -0.3 is 11.5 Å². The number of carbonyl (C=O) groups is 1. The number of hydrogen-bond acceptors (Lipinski definition) is 2. The Hall–Kier alpha value is -3.42. The molecule has 0 radical (unpaired) electrons. The van der Waals surface area contributed by atoms with Gasteiger partial charge in [0.1, 0.15) is 0 Å². The first-order chi connectivity index (χ1) is 12.3. The number of benzene rings is 2. The number of aliphatic imine (C=N–C) groups is 1. The largest absolute Gasteiger partial charge is 0.416 e. The van der Waals surface area contributed by atoms with E-state index in [1.807, 2.05) is 0 Å². The molecule has 0 bridgehead atoms. The van der Waals surface area contributed by atoms with Crippen molar-refractivity contribution < 1.29 is 18.0 Å². The highest BCUT2D eigenvalue weighted by atomic mass is 19.4. The van der Waals surface area contributed by atoms with Gasteiger partial charge in [-0.25, -0.2) is 0 Å². The number of alkyl halides is 3. The van der Waals surface area contributed by atoms with Crippen molar-refractivity contribution in [2.45, 2.75) is 6.18 Å². The normalized spacial score (nSPS) is 11.3. The first kappa shape index (κ1) is 17.4. The summed E-state index contributed by atoms with van der Waals surface area (Å²) < 4.78 is 38.9. The van der Waals surface area contributed by atoms with Crippen LogP contribution in [0.3, 0.4) is 0 Å². The van der Waals surface area contributed by atoms with E-state index in [2.05, 4.69) is 9.98 Å². The maximum Gasteiger partial charge on any atom is 0.416 e. The highest BCUT2D eigenvalue weighted by molar-refractivity contribution is 6.06. The van der Waals surface area contributed by atoms with E-state index in [1.54, 1.807) is 30.3 Å². The van der Waals surface area contributed by atoms with Gasteiger partial charge in [0.05, 0.1) is 11.3 Å². The molecule has 1 aromatic heterocycles. The Kier molecular flexibility index (Phi) is 4.33. The zero-order valence-electron chi connectivity index (χ0n) is 13.3. The second-order valence-corrected chi connectivity index (χ2v) is 5.51. The molecule has 0 saturated carbocycles. The number of aromatic nitrogens is 1. The predicted molar refractivity (Wildman–Crippen MR) is 92.3 cm³/mol. The van der Waals surface area contributed by atoms with Crippen LogP contribution in [0.4, 0.5) is 13.2 Å². The molecule has 0 atom stereocenters. The molecule has 1 heterocycles. The fourth-order valence-electron chi connectivity index (χ4n) is 2.57. The number of guanidine groups is 1. The quantitative estimate of drug-likeness (QED) is 0.543. The number of hydrogen-bond donors (Lipinski definition) is 2. The molecule has 8 heteroatoms. The average molecular weight is 358 g/mol. The van der Waals surface area contributed by atoms with Crippen LogP contribution in [-0.4, -0.2) is 16.9 Å². The summed E-state index contributed by atoms with van der Waals surface area (Å²) >= 11 is 0. The Bertz CT molecular complexity index is 1020. The second kappa shape index (κ2) is 6.47. The number of carbonyl (C=O) groups excluding carboxylic acids is 1. The van der Waals surface area contributed by atoms with Gasteiger partial charge in [0, 0.05) is 17.3 Å². The number of nitrogens with two attached hydrogens (primary N) is 2. The van der Waals surface area contributed by atoms with Crippen molar-refractivity contribution in [1.29, 1.82) is 0 Å². The third kappa shape index (κ3) is 3.49. The van der Waals surface area contributed by atoms with Crippen LogP contribution in [0.5, 0.6) is 0 Å². The summed E-state index contributed by atoms with van der Waals surface area (Å²) in [6, 6.07) is 11.7. The Balaban J connectivity index is 2.18. The van der Waals surface area contributed by atoms with Crippen LogP contribution in [0.2, 0.25) is 0 Å². The third-order valence-electron chi connectivity index (χ3n) is 3.72. The van der Waals surface area contributed by atoms with Crippen LogP contribution in [-0.2, 0) is 6.18 Å². The predicted octanol–water partition coefficient (Wildman–Crippen LogP) is 3.33. The first-order valence-corrected chi connectivity index (χ1v) is 7.46. The second-order valence-electron chi connectivity index (χ2n) is 5.51. The van der Waals surface area contributed by atoms with Gasteiger partial charge in [0.2, 0.25) is 0 Å². The van der Waals surface area contributed by atoms with E-state index < -0.39 is 17.6 Å². The van der Waals surface area contributed by atoms with Gasteiger partial charge in [-0.1, -0.05) is 24.3 Å². The third-order valence-corrected chi connectivity index (χ3v) is 3.72. The van der Waals surface area contributed by atoms with E-state index in [9.17, 15) is 18.0 Å². The van der Waals surface area contributed by atoms with E-state index in [0.29, 0.717) is 10.9 Å². The molecule has 132 valence electrons. The van der Waals surface area contributed by atoms with E-state index in [0.717, 1.165) is 23.7 Å². The molecule has 0 aliphatic rings. The zero-order chi connectivity index (χ0) is 18.9. The minimum atomic E-state index is -4.48. The average Bonchev–Trinajstić information content (AvgIpc) is 2.59. The molecular formula is C18H13F3N4O. The lowest BCUT2D eigenvalue weighted by Crippen LogP contribution is -2.24. The van der Waals surface area contributed by atoms with E-state index in [-0.39, 0.29) is 17.2 Å². The first-order valence-electron chi connectivity index (χ1n) is 7.46. The summed E-state index contributed by atoms with van der Waals surface area (Å²) in [6.45, 7) is 0. The van der Waals surface area contributed by atoms with Gasteiger partial charge in [0.15, 0.2) is 5.96 Å². The van der Waals surface area contributed by atoms with E-state index in [4.69, 9.17) is 11.5 Å². The molecule has 1 amide bonds. The summed E-state index contributed by atoms with van der Waals surface area (Å²) in [6.07, 6.45) is -3.37. The summed E-state index contributed by atoms with van der Waals surface area (Å²) in [5.41, 5.74) is 10.5. The summed E-state index contributed by atoms with van der Waals surface area (Å²) in [5, 5.41) is 1.30. The molecule has 2 aromatic carbocycles. The summed E-state index contributed by atoms with van der Waals surface area (Å²) in [4.78, 5) is 19.5. The van der Waals surface area contributed by atoms with Crippen LogP contribution in [0, 0.1) is 0 Å². The monoisotopic (exact) mass is 358 g/mol. The van der Waals surface area contributed by atoms with Crippen LogP contribution in [0.1, 0.15) is 15.9 Å². The molecule has 0 spiro atoms. The minimum Gasteiger partial charge on any atom is -0.370 e.